The van der Waals surface area contributed by atoms with Gasteiger partial charge >= 0.3 is 5.97 Å². The molecule has 410 valence electrons. The van der Waals surface area contributed by atoms with E-state index >= 15 is 0 Å². The van der Waals surface area contributed by atoms with Gasteiger partial charge in [0, 0.05) is 55.5 Å². The normalized spacial score (nSPS) is 14.2. The Hall–Kier alpha value is -7.84. The van der Waals surface area contributed by atoms with Crippen molar-refractivity contribution in [3.8, 4) is 17.2 Å². The van der Waals surface area contributed by atoms with Gasteiger partial charge in [-0.1, -0.05) is 50.2 Å². The van der Waals surface area contributed by atoms with E-state index in [1.807, 2.05) is 0 Å². The van der Waals surface area contributed by atoms with Crippen molar-refractivity contribution < 1.29 is 63.6 Å². The molecule has 76 heavy (non-hydrogen) atoms. The number of phenols is 3. The van der Waals surface area contributed by atoms with Crippen LogP contribution < -0.4 is 48.7 Å². The second kappa shape index (κ2) is 29.9. The van der Waals surface area contributed by atoms with Gasteiger partial charge in [0.15, 0.2) is 0 Å². The molecule has 4 aromatic rings. The minimum Gasteiger partial charge on any atom is -0.508 e. The van der Waals surface area contributed by atoms with Gasteiger partial charge in [-0.3, -0.25) is 38.4 Å². The summed E-state index contributed by atoms with van der Waals surface area (Å²) in [5.41, 5.74) is 12.9. The molecule has 8 unspecified atom stereocenters. The van der Waals surface area contributed by atoms with Crippen LogP contribution in [0.4, 0.5) is 0 Å². The van der Waals surface area contributed by atoms with E-state index in [-0.39, 0.29) is 79.6 Å². The number of carbonyl (C=O) groups is 9. The molecule has 1 aromatic heterocycles. The first-order valence-corrected chi connectivity index (χ1v) is 25.2. The third-order valence-corrected chi connectivity index (χ3v) is 12.4. The van der Waals surface area contributed by atoms with Crippen molar-refractivity contribution in [1.29, 1.82) is 0 Å². The number of aliphatic carboxylic acids is 1. The summed E-state index contributed by atoms with van der Waals surface area (Å²) in [7, 11) is 0. The number of carbonyl (C=O) groups excluding carboxylic acids is 8. The minimum absolute atomic E-state index is 0.0186. The first-order valence-electron chi connectivity index (χ1n) is 24.0. The van der Waals surface area contributed by atoms with Crippen LogP contribution >= 0.6 is 25.3 Å². The van der Waals surface area contributed by atoms with Crippen molar-refractivity contribution in [3.63, 3.8) is 0 Å². The number of hydrogen-bond donors (Lipinski definition) is 16. The van der Waals surface area contributed by atoms with Crippen LogP contribution in [0.25, 0.3) is 0 Å². The Kier molecular flexibility index (Phi) is 23.9. The van der Waals surface area contributed by atoms with E-state index in [2.05, 4.69) is 72.4 Å². The number of carboxylic acid groups (broad SMARTS) is 1. The molecule has 26 heteroatoms. The molecule has 0 aliphatic carbocycles. The summed E-state index contributed by atoms with van der Waals surface area (Å²) in [6.45, 7) is 3.52. The van der Waals surface area contributed by atoms with Crippen LogP contribution in [-0.4, -0.2) is 143 Å². The summed E-state index contributed by atoms with van der Waals surface area (Å²) in [4.78, 5) is 129. The van der Waals surface area contributed by atoms with Crippen molar-refractivity contribution in [3.05, 3.63) is 108 Å². The Labute approximate surface area is 448 Å². The number of nitrogens with two attached hydrogens (primary N) is 2. The second-order valence-electron chi connectivity index (χ2n) is 18.3. The monoisotopic (exact) mass is 1090 g/mol. The maximum Gasteiger partial charge on any atom is 0.327 e. The Morgan fingerprint density at radius 3 is 1.22 bits per heavy atom. The lowest BCUT2D eigenvalue weighted by Crippen LogP contribution is -2.61. The van der Waals surface area contributed by atoms with Crippen molar-refractivity contribution in [2.75, 3.05) is 11.5 Å². The lowest BCUT2D eigenvalue weighted by atomic mass is 9.99. The molecule has 0 fully saturated rings. The SMILES string of the molecule is CC(C)CC(NC(=O)C(Cc1ccc(O)cc1)NC(=O)C(CCC(N)=O)NC(=O)C(N)CS)C(=O)NC(Cc1ccc(O)cc1)C(=O)NC(Cc1cnc[nH]1)C(=O)NC(Cc1ccc(O)cc1)C(=O)NC(CS)C(=O)O. The molecule has 4 rings (SSSR count). The van der Waals surface area contributed by atoms with Crippen LogP contribution in [0.1, 0.15) is 55.5 Å². The van der Waals surface area contributed by atoms with Gasteiger partial charge in [0.1, 0.15) is 59.5 Å². The third-order valence-electron chi connectivity index (χ3n) is 11.6. The summed E-state index contributed by atoms with van der Waals surface area (Å²) >= 11 is 8.05. The number of amides is 8. The number of nitrogens with one attached hydrogen (secondary N) is 8. The van der Waals surface area contributed by atoms with Crippen LogP contribution in [-0.2, 0) is 68.8 Å². The van der Waals surface area contributed by atoms with E-state index in [0.29, 0.717) is 22.4 Å². The first kappa shape index (κ1) is 60.7. The Morgan fingerprint density at radius 2 is 0.882 bits per heavy atom. The molecule has 0 spiro atoms. The number of carboxylic acids is 1. The predicted molar refractivity (Wildman–Crippen MR) is 282 cm³/mol. The van der Waals surface area contributed by atoms with Gasteiger partial charge in [0.2, 0.25) is 47.3 Å². The van der Waals surface area contributed by atoms with Crippen molar-refractivity contribution in [2.24, 2.45) is 17.4 Å². The summed E-state index contributed by atoms with van der Waals surface area (Å²) in [5.74, 6) is -9.27. The van der Waals surface area contributed by atoms with Crippen molar-refractivity contribution in [1.82, 2.24) is 47.2 Å². The number of benzene rings is 3. The molecule has 0 radical (unpaired) electrons. The molecule has 3 aromatic carbocycles. The Balaban J connectivity index is 1.68. The van der Waals surface area contributed by atoms with Crippen LogP contribution in [0, 0.1) is 5.92 Å². The zero-order valence-electron chi connectivity index (χ0n) is 41.6. The molecule has 8 amide bonds. The fraction of sp³-hybridized carbons (Fsp3) is 0.400. The van der Waals surface area contributed by atoms with Crippen LogP contribution in [0.2, 0.25) is 0 Å². The molecular formula is C50H65N11O13S2. The standard InChI is InChI=1S/C50H65N11O13S2/c1-26(2)17-36(56-46(69)37(18-27-3-9-31(62)10-4-27)57-44(67)35(15-16-42(52)65)55-43(66)34(51)23-75)45(68)58-38(19-28-5-11-32(63)12-6-28)47(70)60-40(21-30-22-53-25-54-30)49(72)59-39(20-29-7-13-33(64)14-8-29)48(71)61-41(24-76)50(73)74/h3-14,22,25-26,34-41,62-64,75-76H,15-21,23-24,51H2,1-2H3,(H2,52,65)(H,53,54)(H,55,66)(H,56,69)(H,57,67)(H,58,68)(H,59,72)(H,60,70)(H,61,71)(H,73,74). The Morgan fingerprint density at radius 1 is 0.526 bits per heavy atom. The van der Waals surface area contributed by atoms with E-state index in [1.54, 1.807) is 13.8 Å². The zero-order valence-corrected chi connectivity index (χ0v) is 43.4. The topological polar surface area (TPSA) is 399 Å². The van der Waals surface area contributed by atoms with Crippen molar-refractivity contribution in [2.45, 2.75) is 107 Å². The van der Waals surface area contributed by atoms with Gasteiger partial charge in [-0.25, -0.2) is 9.78 Å². The highest BCUT2D eigenvalue weighted by Crippen LogP contribution is 2.17. The fourth-order valence-corrected chi connectivity index (χ4v) is 7.91. The number of aromatic amines is 1. The molecular weight excluding hydrogens is 1030 g/mol. The maximum atomic E-state index is 14.6. The third kappa shape index (κ3) is 20.1. The van der Waals surface area contributed by atoms with E-state index in [9.17, 15) is 63.6 Å². The van der Waals surface area contributed by atoms with E-state index in [4.69, 9.17) is 11.5 Å². The van der Waals surface area contributed by atoms with Gasteiger partial charge in [-0.15, -0.1) is 0 Å². The van der Waals surface area contributed by atoms with Gasteiger partial charge in [0.25, 0.3) is 0 Å². The highest BCUT2D eigenvalue weighted by Gasteiger charge is 2.35. The average molecular weight is 1090 g/mol. The zero-order chi connectivity index (χ0) is 56.1. The van der Waals surface area contributed by atoms with Crippen molar-refractivity contribution >= 4 is 78.5 Å². The highest BCUT2D eigenvalue weighted by atomic mass is 32.1. The number of nitrogens with zero attached hydrogens (tertiary/aromatic N) is 1. The molecule has 24 nitrogen and oxygen atoms in total. The molecule has 0 aliphatic heterocycles. The summed E-state index contributed by atoms with van der Waals surface area (Å²) in [6, 6.07) is 5.80. The highest BCUT2D eigenvalue weighted by molar-refractivity contribution is 7.80. The number of imidazole rings is 1. The van der Waals surface area contributed by atoms with Crippen LogP contribution in [0.15, 0.2) is 85.3 Å². The number of hydrogen-bond acceptors (Lipinski definition) is 16. The molecule has 0 saturated carbocycles. The number of thiol groups is 2. The lowest BCUT2D eigenvalue weighted by Gasteiger charge is -2.28. The van der Waals surface area contributed by atoms with Gasteiger partial charge < -0.3 is 74.1 Å². The number of H-pyrrole nitrogens is 1. The summed E-state index contributed by atoms with van der Waals surface area (Å²) in [6.07, 6.45) is 1.21. The molecule has 8 atom stereocenters. The number of rotatable bonds is 30. The number of aromatic hydroxyl groups is 3. The average Bonchev–Trinajstić information content (AvgIpc) is 3.90. The quantitative estimate of drug-likeness (QED) is 0.0272. The number of primary amides is 1. The largest absolute Gasteiger partial charge is 0.508 e. The maximum absolute atomic E-state index is 14.6. The summed E-state index contributed by atoms with van der Waals surface area (Å²) in [5, 5.41) is 57.6. The first-order chi connectivity index (χ1) is 36.0. The lowest BCUT2D eigenvalue weighted by molar-refractivity contribution is -0.141. The fourth-order valence-electron chi connectivity index (χ4n) is 7.50. The van der Waals surface area contributed by atoms with Crippen LogP contribution in [0.5, 0.6) is 17.2 Å². The van der Waals surface area contributed by atoms with Gasteiger partial charge in [-0.05, 0) is 71.8 Å². The van der Waals surface area contributed by atoms with E-state index in [1.165, 1.54) is 85.3 Å². The number of aromatic nitrogens is 2. The van der Waals surface area contributed by atoms with Gasteiger partial charge in [0.05, 0.1) is 12.4 Å². The van der Waals surface area contributed by atoms with E-state index < -0.39 is 102 Å². The molecule has 1 heterocycles. The van der Waals surface area contributed by atoms with Crippen LogP contribution in [0.3, 0.4) is 0 Å². The van der Waals surface area contributed by atoms with Gasteiger partial charge in [-0.2, -0.15) is 25.3 Å². The number of phenolic OH excluding ortho intramolecular Hbond substituents is 3. The predicted octanol–water partition coefficient (Wildman–Crippen LogP) is -1.23. The molecule has 16 N–H and O–H groups in total. The smallest absolute Gasteiger partial charge is 0.327 e. The second-order valence-corrected chi connectivity index (χ2v) is 19.0. The summed E-state index contributed by atoms with van der Waals surface area (Å²) < 4.78 is 0. The molecule has 0 aliphatic rings. The Bertz CT molecular complexity index is 2610. The molecule has 0 bridgehead atoms. The van der Waals surface area contributed by atoms with E-state index in [0.717, 1.165) is 0 Å². The minimum atomic E-state index is -1.51. The molecule has 0 saturated heterocycles.